The van der Waals surface area contributed by atoms with Crippen LogP contribution in [-0.2, 0) is 20.4 Å². The Labute approximate surface area is 466 Å². The van der Waals surface area contributed by atoms with Crippen molar-refractivity contribution in [3.8, 4) is 16.3 Å². The third-order valence-electron chi connectivity index (χ3n) is 13.1. The predicted octanol–water partition coefficient (Wildman–Crippen LogP) is 14.9. The Hall–Kier alpha value is -8.69. The Balaban J connectivity index is 1.40. The Kier molecular flexibility index (Phi) is 17.3. The number of carbonyl (C=O) groups excluding carboxylic acids is 1. The van der Waals surface area contributed by atoms with Crippen molar-refractivity contribution >= 4 is 86.3 Å². The number of aromatic nitrogens is 7. The van der Waals surface area contributed by atoms with Crippen LogP contribution < -0.4 is 20.4 Å². The Morgan fingerprint density at radius 3 is 1.90 bits per heavy atom. The maximum absolute atomic E-state index is 12.4. The van der Waals surface area contributed by atoms with Crippen molar-refractivity contribution < 1.29 is 14.7 Å². The Morgan fingerprint density at radius 1 is 0.785 bits per heavy atom. The van der Waals surface area contributed by atoms with E-state index in [4.69, 9.17) is 32.0 Å². The van der Waals surface area contributed by atoms with E-state index in [1.165, 1.54) is 16.3 Å². The second-order valence-corrected chi connectivity index (χ2v) is 22.7. The summed E-state index contributed by atoms with van der Waals surface area (Å²) in [5.74, 6) is -0.0243. The molecular formula is C58H69N17O3S. The van der Waals surface area contributed by atoms with Gasteiger partial charge in [0.15, 0.2) is 17.5 Å². The highest BCUT2D eigenvalue weighted by Gasteiger charge is 2.32. The topological polar surface area (TPSA) is 237 Å². The number of amides is 1. The van der Waals surface area contributed by atoms with Crippen molar-refractivity contribution in [3.05, 3.63) is 116 Å². The highest BCUT2D eigenvalue weighted by atomic mass is 32.1. The van der Waals surface area contributed by atoms with Crippen molar-refractivity contribution in [1.29, 1.82) is 5.26 Å². The van der Waals surface area contributed by atoms with E-state index in [-0.39, 0.29) is 45.5 Å². The quantitative estimate of drug-likeness (QED) is 0.0537. The molecule has 21 heteroatoms. The minimum atomic E-state index is -0.885. The average Bonchev–Trinajstić information content (AvgIpc) is 4.24. The van der Waals surface area contributed by atoms with Crippen LogP contribution >= 0.6 is 11.3 Å². The second kappa shape index (κ2) is 23.5. The third kappa shape index (κ3) is 12.7. The van der Waals surface area contributed by atoms with Gasteiger partial charge >= 0.3 is 5.97 Å². The minimum absolute atomic E-state index is 0.0250. The summed E-state index contributed by atoms with van der Waals surface area (Å²) in [6, 6.07) is 18.2. The van der Waals surface area contributed by atoms with E-state index in [1.54, 1.807) is 6.07 Å². The third-order valence-corrected chi connectivity index (χ3v) is 13.9. The first kappa shape index (κ1) is 58.0. The van der Waals surface area contributed by atoms with E-state index in [1.807, 2.05) is 108 Å². The molecule has 20 nitrogen and oxygen atoms in total. The van der Waals surface area contributed by atoms with Gasteiger partial charge in [-0.15, -0.1) is 30.7 Å². The van der Waals surface area contributed by atoms with Crippen molar-refractivity contribution in [2.45, 2.75) is 134 Å². The molecule has 0 unspecified atom stereocenters. The zero-order chi connectivity index (χ0) is 57.8. The molecule has 0 saturated heterocycles. The second-order valence-electron chi connectivity index (χ2n) is 21.7. The summed E-state index contributed by atoms with van der Waals surface area (Å²) in [6.07, 6.45) is 0.341. The van der Waals surface area contributed by atoms with Crippen LogP contribution in [0.2, 0.25) is 0 Å². The lowest BCUT2D eigenvalue weighted by molar-refractivity contribution is -0.137. The molecule has 0 atom stereocenters. The molecule has 4 heterocycles. The van der Waals surface area contributed by atoms with Crippen LogP contribution in [0.3, 0.4) is 0 Å². The summed E-state index contributed by atoms with van der Waals surface area (Å²) in [7, 11) is 0. The summed E-state index contributed by atoms with van der Waals surface area (Å²) in [6.45, 7) is 41.6. The van der Waals surface area contributed by atoms with Crippen molar-refractivity contribution in [2.75, 3.05) is 40.1 Å². The predicted molar refractivity (Wildman–Crippen MR) is 313 cm³/mol. The molecule has 0 spiro atoms. The van der Waals surface area contributed by atoms with Gasteiger partial charge in [0, 0.05) is 55.5 Å². The number of benzene rings is 3. The fraction of sp³-hybridized carbons (Fsp3) is 0.397. The fourth-order valence-electron chi connectivity index (χ4n) is 9.58. The maximum atomic E-state index is 12.4. The lowest BCUT2D eigenvalue weighted by Crippen LogP contribution is -2.23. The van der Waals surface area contributed by atoms with E-state index in [9.17, 15) is 20.0 Å². The minimum Gasteiger partial charge on any atom is -0.481 e. The summed E-state index contributed by atoms with van der Waals surface area (Å²) in [4.78, 5) is 37.6. The molecule has 0 fully saturated rings. The molecule has 0 aliphatic heterocycles. The molecule has 3 N–H and O–H groups in total. The molecule has 1 amide bonds. The van der Waals surface area contributed by atoms with Gasteiger partial charge in [-0.25, -0.2) is 9.83 Å². The summed E-state index contributed by atoms with van der Waals surface area (Å²) < 4.78 is 2.87. The highest BCUT2D eigenvalue weighted by molar-refractivity contribution is 7.16. The number of nitriles is 1. The molecular weight excluding hydrogens is 1010 g/mol. The maximum Gasteiger partial charge on any atom is 0.303 e. The molecule has 79 heavy (non-hydrogen) atoms. The van der Waals surface area contributed by atoms with Crippen LogP contribution in [0, 0.1) is 66.4 Å². The first-order chi connectivity index (χ1) is 37.3. The van der Waals surface area contributed by atoms with Gasteiger partial charge in [-0.05, 0) is 126 Å². The van der Waals surface area contributed by atoms with Gasteiger partial charge in [0.2, 0.25) is 16.2 Å². The van der Waals surface area contributed by atoms with Gasteiger partial charge in [0.25, 0.3) is 5.69 Å². The first-order valence-corrected chi connectivity index (χ1v) is 26.9. The molecule has 0 saturated carbocycles. The van der Waals surface area contributed by atoms with Crippen LogP contribution in [0.5, 0.6) is 0 Å². The van der Waals surface area contributed by atoms with Gasteiger partial charge in [-0.2, -0.15) is 24.8 Å². The number of hydrogen-bond donors (Lipinski definition) is 3. The van der Waals surface area contributed by atoms with Crippen LogP contribution in [0.15, 0.2) is 69.0 Å². The Bertz CT molecular complexity index is 3580. The van der Waals surface area contributed by atoms with Gasteiger partial charge in [0.05, 0.1) is 23.6 Å². The van der Waals surface area contributed by atoms with E-state index < -0.39 is 16.8 Å². The van der Waals surface area contributed by atoms with Crippen molar-refractivity contribution in [2.24, 2.45) is 20.5 Å². The number of aliphatic carboxylic acids is 1. The molecule has 4 aromatic heterocycles. The van der Waals surface area contributed by atoms with Gasteiger partial charge in [-0.1, -0.05) is 88.3 Å². The van der Waals surface area contributed by atoms with E-state index in [0.717, 1.165) is 74.9 Å². The van der Waals surface area contributed by atoms with Crippen molar-refractivity contribution in [3.63, 3.8) is 0 Å². The number of carboxylic acid groups (broad SMARTS) is 1. The van der Waals surface area contributed by atoms with E-state index in [2.05, 4.69) is 89.9 Å². The summed E-state index contributed by atoms with van der Waals surface area (Å²) in [5.41, 5.74) is 10.7. The molecule has 3 aromatic carbocycles. The van der Waals surface area contributed by atoms with Crippen LogP contribution in [0.4, 0.5) is 63.1 Å². The van der Waals surface area contributed by atoms with Crippen LogP contribution in [0.25, 0.3) is 15.1 Å². The molecule has 410 valence electrons. The number of carbonyl (C=O) groups is 2. The number of nitrogens with one attached hydrogen (secondary N) is 2. The summed E-state index contributed by atoms with van der Waals surface area (Å²) in [5, 5.41) is 65.6. The van der Waals surface area contributed by atoms with Crippen molar-refractivity contribution in [1.82, 2.24) is 34.7 Å². The van der Waals surface area contributed by atoms with E-state index >= 15 is 0 Å². The highest BCUT2D eigenvalue weighted by Crippen LogP contribution is 2.45. The number of hydrogen-bond acceptors (Lipinski definition) is 16. The van der Waals surface area contributed by atoms with Gasteiger partial charge < -0.3 is 25.5 Å². The van der Waals surface area contributed by atoms with Crippen LogP contribution in [0.1, 0.15) is 131 Å². The van der Waals surface area contributed by atoms with Gasteiger partial charge in [-0.3, -0.25) is 9.59 Å². The van der Waals surface area contributed by atoms with E-state index in [0.29, 0.717) is 58.6 Å². The lowest BCUT2D eigenvalue weighted by atomic mass is 9.90. The first-order valence-electron chi connectivity index (χ1n) is 26.1. The molecule has 0 aliphatic rings. The number of carboxylic acids is 1. The monoisotopic (exact) mass is 1080 g/mol. The molecule has 0 radical (unpaired) electrons. The molecule has 7 aromatic rings. The lowest BCUT2D eigenvalue weighted by Gasteiger charge is -2.29. The number of anilines is 6. The number of nitrogens with zero attached hydrogens (tertiary/aromatic N) is 15. The standard InChI is InChI=1S/C58H69N17O3S/c1-18-72(19-2)40-22-23-42(43(30-40)61-39(10)76)64-67-54-48(60-17)51(58(14,15)16)71-75(54)56-69-68-55(79-56)74-53(41(31-59)50(70-74)57(11,12)13)66-65-47-36(7)29-44(62-52(47)63-46-34(5)25-32(3)26-35(46)6)73(24-20-21-45(77)78)49-37(8)27-33(4)28-38(49)9/h22-23,25-30H,18-21,24H2,1-16H3,(H,61,76)(H,62,63)(H,77,78). The number of pyridine rings is 1. The SMILES string of the molecule is [C-]#[N+]c1c(C(C)(C)C)nn(-c2nnc(-n3nc(C(C)(C)C)c(C#N)c3N=Nc3c(C)cc(N(CCCC(=O)O)c4c(C)cc(C)cc4C)nc3Nc3c(C)cc(C)cc3C)s2)c1N=Nc1ccc(N(CC)CC)cc1NC(C)=O. The molecule has 7 rings (SSSR count). The zero-order valence-electron chi connectivity index (χ0n) is 48.0. The van der Waals surface area contributed by atoms with Gasteiger partial charge in [0.1, 0.15) is 28.8 Å². The number of azo groups is 2. The Morgan fingerprint density at radius 2 is 1.35 bits per heavy atom. The smallest absolute Gasteiger partial charge is 0.303 e. The molecule has 0 aliphatic carbocycles. The normalized spacial score (nSPS) is 11.8. The zero-order valence-corrected chi connectivity index (χ0v) is 48.9. The fourth-order valence-corrected chi connectivity index (χ4v) is 10.3. The molecule has 0 bridgehead atoms. The van der Waals surface area contributed by atoms with Crippen LogP contribution in [-0.4, -0.2) is 71.4 Å². The largest absolute Gasteiger partial charge is 0.481 e. The number of aryl methyl sites for hydroxylation is 7. The number of rotatable bonds is 18. The average molecular weight is 1080 g/mol. The summed E-state index contributed by atoms with van der Waals surface area (Å²) >= 11 is 1.08.